The standard InChI is InChI=1S/C28H32FNO4/c1-18-25-14-23(32)8-11-26(25)34-28(27(18)20-2-6-22(31)7-3-20)21-4-9-24(10-5-21)33-13-12-30-16-19(15-29)17-30/h2,4-5,8-11,14,19,22,28,31-32H,3,6-7,12-13,15-17H2,1H3. The summed E-state index contributed by atoms with van der Waals surface area (Å²) >= 11 is 0. The van der Waals surface area contributed by atoms with Crippen LogP contribution in [0, 0.1) is 5.92 Å². The Hall–Kier alpha value is -2.83. The van der Waals surface area contributed by atoms with Gasteiger partial charge in [0.15, 0.2) is 0 Å². The fourth-order valence-corrected chi connectivity index (χ4v) is 5.14. The molecule has 1 fully saturated rings. The highest BCUT2D eigenvalue weighted by molar-refractivity contribution is 5.79. The topological polar surface area (TPSA) is 62.2 Å². The van der Waals surface area contributed by atoms with Crippen molar-refractivity contribution in [2.45, 2.75) is 38.4 Å². The van der Waals surface area contributed by atoms with Crippen LogP contribution in [0.3, 0.4) is 0 Å². The van der Waals surface area contributed by atoms with Crippen LogP contribution in [-0.2, 0) is 0 Å². The van der Waals surface area contributed by atoms with Gasteiger partial charge in [0.25, 0.3) is 0 Å². The van der Waals surface area contributed by atoms with Crippen LogP contribution in [0.1, 0.15) is 43.4 Å². The minimum absolute atomic E-state index is 0.192. The van der Waals surface area contributed by atoms with Gasteiger partial charge in [-0.25, -0.2) is 0 Å². The number of hydrogen-bond donors (Lipinski definition) is 2. The van der Waals surface area contributed by atoms with Crippen molar-refractivity contribution in [3.05, 3.63) is 70.8 Å². The summed E-state index contributed by atoms with van der Waals surface area (Å²) in [5, 5.41) is 20.0. The van der Waals surface area contributed by atoms with Crippen LogP contribution in [0.2, 0.25) is 0 Å². The number of aliphatic hydroxyl groups excluding tert-OH is 1. The largest absolute Gasteiger partial charge is 0.508 e. The minimum Gasteiger partial charge on any atom is -0.508 e. The van der Waals surface area contributed by atoms with E-state index in [1.807, 2.05) is 30.3 Å². The maximum atomic E-state index is 12.6. The number of rotatable bonds is 7. The van der Waals surface area contributed by atoms with E-state index in [-0.39, 0.29) is 30.5 Å². The summed E-state index contributed by atoms with van der Waals surface area (Å²) in [6.07, 6.45) is 3.73. The Morgan fingerprint density at radius 2 is 1.94 bits per heavy atom. The fourth-order valence-electron chi connectivity index (χ4n) is 5.14. The first-order valence-electron chi connectivity index (χ1n) is 12.1. The van der Waals surface area contributed by atoms with E-state index in [0.717, 1.165) is 66.2 Å². The van der Waals surface area contributed by atoms with Gasteiger partial charge in [-0.05, 0) is 73.2 Å². The van der Waals surface area contributed by atoms with E-state index in [9.17, 15) is 14.6 Å². The molecule has 0 radical (unpaired) electrons. The van der Waals surface area contributed by atoms with Crippen LogP contribution in [0.4, 0.5) is 4.39 Å². The quantitative estimate of drug-likeness (QED) is 0.599. The van der Waals surface area contributed by atoms with Gasteiger partial charge in [-0.2, -0.15) is 0 Å². The van der Waals surface area contributed by atoms with Crippen LogP contribution in [0.25, 0.3) is 5.57 Å². The van der Waals surface area contributed by atoms with Crippen molar-refractivity contribution in [1.82, 2.24) is 4.90 Å². The number of ether oxygens (including phenoxy) is 2. The zero-order valence-corrected chi connectivity index (χ0v) is 19.5. The number of nitrogens with zero attached hydrogens (tertiary/aromatic N) is 1. The molecule has 2 atom stereocenters. The summed E-state index contributed by atoms with van der Waals surface area (Å²) in [6, 6.07) is 13.2. The Morgan fingerprint density at radius 1 is 1.15 bits per heavy atom. The number of aliphatic hydroxyl groups is 1. The fraction of sp³-hybridized carbons (Fsp3) is 0.429. The third-order valence-corrected chi connectivity index (χ3v) is 7.12. The Kier molecular flexibility index (Phi) is 6.61. The highest BCUT2D eigenvalue weighted by Gasteiger charge is 2.31. The molecule has 180 valence electrons. The highest BCUT2D eigenvalue weighted by Crippen LogP contribution is 2.47. The van der Waals surface area contributed by atoms with E-state index in [1.54, 1.807) is 12.1 Å². The van der Waals surface area contributed by atoms with Gasteiger partial charge < -0.3 is 19.7 Å². The second kappa shape index (κ2) is 9.80. The van der Waals surface area contributed by atoms with Crippen LogP contribution in [0.5, 0.6) is 17.2 Å². The molecule has 34 heavy (non-hydrogen) atoms. The number of halogens is 1. The minimum atomic E-state index is -0.292. The van der Waals surface area contributed by atoms with E-state index in [1.165, 1.54) is 5.57 Å². The molecule has 2 N–H and O–H groups in total. The van der Waals surface area contributed by atoms with Crippen LogP contribution in [-0.4, -0.2) is 54.1 Å². The van der Waals surface area contributed by atoms with Crippen molar-refractivity contribution in [2.24, 2.45) is 5.92 Å². The van der Waals surface area contributed by atoms with Crippen LogP contribution in [0.15, 0.2) is 59.7 Å². The third-order valence-electron chi connectivity index (χ3n) is 7.12. The van der Waals surface area contributed by atoms with Crippen molar-refractivity contribution in [3.8, 4) is 17.2 Å². The van der Waals surface area contributed by atoms with Gasteiger partial charge in [0.1, 0.15) is 30.0 Å². The molecule has 0 amide bonds. The predicted molar refractivity (Wildman–Crippen MR) is 130 cm³/mol. The highest BCUT2D eigenvalue weighted by atomic mass is 19.1. The number of benzene rings is 2. The van der Waals surface area contributed by atoms with Crippen molar-refractivity contribution in [1.29, 1.82) is 0 Å². The van der Waals surface area contributed by atoms with Crippen LogP contribution >= 0.6 is 0 Å². The van der Waals surface area contributed by atoms with Gasteiger partial charge in [0, 0.05) is 36.7 Å². The number of aromatic hydroxyl groups is 1. The normalized spacial score (nSPS) is 23.1. The Labute approximate surface area is 200 Å². The van der Waals surface area contributed by atoms with Gasteiger partial charge in [-0.3, -0.25) is 9.29 Å². The lowest BCUT2D eigenvalue weighted by molar-refractivity contribution is 0.0668. The number of phenols is 1. The SMILES string of the molecule is CC1=C(C2=CCC(O)CC2)C(c2ccc(OCCN3CC(CF)C3)cc2)Oc2ccc(O)cc21. The first-order chi connectivity index (χ1) is 16.5. The lowest BCUT2D eigenvalue weighted by Gasteiger charge is -2.37. The molecule has 1 saturated heterocycles. The Morgan fingerprint density at radius 3 is 2.65 bits per heavy atom. The van der Waals surface area contributed by atoms with Gasteiger partial charge in [0.05, 0.1) is 12.8 Å². The monoisotopic (exact) mass is 465 g/mol. The van der Waals surface area contributed by atoms with Gasteiger partial charge >= 0.3 is 0 Å². The maximum absolute atomic E-state index is 12.6. The summed E-state index contributed by atoms with van der Waals surface area (Å²) in [5.74, 6) is 1.96. The summed E-state index contributed by atoms with van der Waals surface area (Å²) in [6.45, 7) is 4.86. The second-order valence-electron chi connectivity index (χ2n) is 9.57. The van der Waals surface area contributed by atoms with Crippen molar-refractivity contribution in [2.75, 3.05) is 32.9 Å². The molecular weight excluding hydrogens is 433 g/mol. The molecule has 2 aliphatic heterocycles. The number of likely N-dealkylation sites (tertiary alicyclic amines) is 1. The number of alkyl halides is 1. The first-order valence-corrected chi connectivity index (χ1v) is 12.1. The molecule has 5 rings (SSSR count). The number of phenolic OH excluding ortho intramolecular Hbond substituents is 1. The third kappa shape index (κ3) is 4.70. The van der Waals surface area contributed by atoms with Gasteiger partial charge in [-0.15, -0.1) is 0 Å². The molecule has 5 nitrogen and oxygen atoms in total. The average molecular weight is 466 g/mol. The van der Waals surface area contributed by atoms with E-state index in [0.29, 0.717) is 13.0 Å². The molecule has 0 spiro atoms. The van der Waals surface area contributed by atoms with Crippen molar-refractivity contribution >= 4 is 5.57 Å². The molecule has 0 saturated carbocycles. The van der Waals surface area contributed by atoms with Crippen LogP contribution < -0.4 is 9.47 Å². The molecule has 2 unspecified atom stereocenters. The number of hydrogen-bond acceptors (Lipinski definition) is 5. The van der Waals surface area contributed by atoms with Gasteiger partial charge in [0.2, 0.25) is 0 Å². The number of allylic oxidation sites excluding steroid dienone is 1. The molecule has 3 aliphatic rings. The van der Waals surface area contributed by atoms with E-state index in [2.05, 4.69) is 17.9 Å². The van der Waals surface area contributed by atoms with E-state index < -0.39 is 0 Å². The molecule has 2 aromatic carbocycles. The molecule has 0 bridgehead atoms. The Balaban J connectivity index is 1.35. The maximum Gasteiger partial charge on any atom is 0.149 e. The molecule has 2 heterocycles. The lowest BCUT2D eigenvalue weighted by Crippen LogP contribution is -2.49. The molecule has 2 aromatic rings. The van der Waals surface area contributed by atoms with Crippen molar-refractivity contribution < 1.29 is 24.1 Å². The summed E-state index contributed by atoms with van der Waals surface area (Å²) in [4.78, 5) is 2.21. The summed E-state index contributed by atoms with van der Waals surface area (Å²) < 4.78 is 25.0. The van der Waals surface area contributed by atoms with E-state index >= 15 is 0 Å². The second-order valence-corrected chi connectivity index (χ2v) is 9.57. The first kappa shape index (κ1) is 22.9. The molecule has 0 aromatic heterocycles. The average Bonchev–Trinajstić information content (AvgIpc) is 2.82. The molecule has 1 aliphatic carbocycles. The smallest absolute Gasteiger partial charge is 0.149 e. The zero-order valence-electron chi connectivity index (χ0n) is 19.5. The molecule has 6 heteroatoms. The summed E-state index contributed by atoms with van der Waals surface area (Å²) in [5.41, 5.74) is 5.33. The van der Waals surface area contributed by atoms with Gasteiger partial charge in [-0.1, -0.05) is 18.2 Å². The predicted octanol–water partition coefficient (Wildman–Crippen LogP) is 5.05. The number of fused-ring (bicyclic) bond motifs is 1. The molecular formula is C28H32FNO4. The lowest BCUT2D eigenvalue weighted by atomic mass is 9.81. The summed E-state index contributed by atoms with van der Waals surface area (Å²) in [7, 11) is 0. The Bertz CT molecular complexity index is 1090. The van der Waals surface area contributed by atoms with E-state index in [4.69, 9.17) is 9.47 Å². The van der Waals surface area contributed by atoms with Crippen molar-refractivity contribution in [3.63, 3.8) is 0 Å². The zero-order chi connectivity index (χ0) is 23.7.